The van der Waals surface area contributed by atoms with Crippen molar-refractivity contribution < 1.29 is 14.0 Å². The van der Waals surface area contributed by atoms with Crippen molar-refractivity contribution in [3.63, 3.8) is 0 Å². The molecule has 0 saturated carbocycles. The van der Waals surface area contributed by atoms with Gasteiger partial charge in [-0.25, -0.2) is 0 Å². The van der Waals surface area contributed by atoms with Crippen molar-refractivity contribution in [1.29, 1.82) is 0 Å². The highest BCUT2D eigenvalue weighted by Gasteiger charge is 2.13. The summed E-state index contributed by atoms with van der Waals surface area (Å²) in [6.45, 7) is 0.283. The molecule has 2 N–H and O–H groups in total. The van der Waals surface area contributed by atoms with Gasteiger partial charge in [-0.3, -0.25) is 9.59 Å². The summed E-state index contributed by atoms with van der Waals surface area (Å²) in [4.78, 5) is 24.9. The fraction of sp³-hybridized carbons (Fsp3) is 0.0588. The van der Waals surface area contributed by atoms with Crippen molar-refractivity contribution in [2.45, 2.75) is 6.54 Å². The molecule has 0 atom stereocenters. The van der Waals surface area contributed by atoms with Crippen LogP contribution in [0, 0.1) is 0 Å². The fourth-order valence-electron chi connectivity index (χ4n) is 2.04. The summed E-state index contributed by atoms with van der Waals surface area (Å²) < 4.78 is 5.16. The van der Waals surface area contributed by atoms with Gasteiger partial charge in [0.1, 0.15) is 5.76 Å². The first kappa shape index (κ1) is 16.3. The number of thiophene rings is 1. The average molecular weight is 361 g/mol. The molecular formula is C17H13ClN2O3S. The molecule has 7 heteroatoms. The van der Waals surface area contributed by atoms with Crippen LogP contribution in [0.2, 0.25) is 5.02 Å². The normalized spacial score (nSPS) is 10.4. The minimum Gasteiger partial charge on any atom is -0.467 e. The second kappa shape index (κ2) is 7.33. The molecule has 0 fully saturated rings. The highest BCUT2D eigenvalue weighted by molar-refractivity contribution is 7.12. The van der Waals surface area contributed by atoms with Crippen LogP contribution in [0.5, 0.6) is 0 Å². The Kier molecular flexibility index (Phi) is 4.98. The minimum absolute atomic E-state index is 0.264. The van der Waals surface area contributed by atoms with Gasteiger partial charge in [0, 0.05) is 5.56 Å². The van der Waals surface area contributed by atoms with E-state index in [9.17, 15) is 9.59 Å². The van der Waals surface area contributed by atoms with Gasteiger partial charge in [0.15, 0.2) is 0 Å². The Balaban J connectivity index is 1.71. The standard InChI is InChI=1S/C17H13ClN2O3S/c18-13-6-5-11(16(21)19-10-12-3-1-7-23-12)9-14(13)20-17(22)15-4-2-8-24-15/h1-9H,10H2,(H,19,21)(H,20,22). The molecule has 0 unspecified atom stereocenters. The third kappa shape index (κ3) is 3.84. The summed E-state index contributed by atoms with van der Waals surface area (Å²) in [5.41, 5.74) is 0.785. The zero-order valence-corrected chi connectivity index (χ0v) is 14.0. The van der Waals surface area contributed by atoms with Crippen LogP contribution in [0.1, 0.15) is 25.8 Å². The van der Waals surface area contributed by atoms with E-state index in [-0.39, 0.29) is 18.4 Å². The Morgan fingerprint density at radius 3 is 2.71 bits per heavy atom. The summed E-state index contributed by atoms with van der Waals surface area (Å²) in [6, 6.07) is 11.8. The largest absolute Gasteiger partial charge is 0.467 e. The topological polar surface area (TPSA) is 71.3 Å². The molecule has 0 saturated heterocycles. The van der Waals surface area contributed by atoms with E-state index in [1.54, 1.807) is 48.7 Å². The van der Waals surface area contributed by atoms with E-state index in [0.717, 1.165) is 0 Å². The molecule has 0 aliphatic rings. The number of hydrogen-bond acceptors (Lipinski definition) is 4. The summed E-state index contributed by atoms with van der Waals surface area (Å²) in [6.07, 6.45) is 1.54. The smallest absolute Gasteiger partial charge is 0.265 e. The molecule has 3 rings (SSSR count). The Morgan fingerprint density at radius 2 is 2.00 bits per heavy atom. The van der Waals surface area contributed by atoms with Crippen LogP contribution in [0.3, 0.4) is 0 Å². The Bertz CT molecular complexity index is 845. The zero-order chi connectivity index (χ0) is 16.9. The van der Waals surface area contributed by atoms with Gasteiger partial charge >= 0.3 is 0 Å². The van der Waals surface area contributed by atoms with E-state index in [1.165, 1.54) is 11.3 Å². The molecule has 0 spiro atoms. The zero-order valence-electron chi connectivity index (χ0n) is 12.4. The lowest BCUT2D eigenvalue weighted by Gasteiger charge is -2.09. The van der Waals surface area contributed by atoms with Gasteiger partial charge in [0.05, 0.1) is 28.4 Å². The maximum atomic E-state index is 12.2. The molecule has 122 valence electrons. The first-order valence-corrected chi connectivity index (χ1v) is 8.34. The van der Waals surface area contributed by atoms with Crippen LogP contribution in [0.25, 0.3) is 0 Å². The molecule has 0 bridgehead atoms. The van der Waals surface area contributed by atoms with E-state index in [1.807, 2.05) is 5.38 Å². The molecule has 2 aromatic heterocycles. The molecule has 3 aromatic rings. The molecule has 5 nitrogen and oxygen atoms in total. The van der Waals surface area contributed by atoms with Crippen LogP contribution >= 0.6 is 22.9 Å². The Hall–Kier alpha value is -2.57. The van der Waals surface area contributed by atoms with Gasteiger partial charge in [-0.15, -0.1) is 11.3 Å². The van der Waals surface area contributed by atoms with Crippen LogP contribution in [0.4, 0.5) is 5.69 Å². The lowest BCUT2D eigenvalue weighted by Crippen LogP contribution is -2.22. The number of benzene rings is 1. The highest BCUT2D eigenvalue weighted by atomic mass is 35.5. The maximum Gasteiger partial charge on any atom is 0.265 e. The van der Waals surface area contributed by atoms with Gasteiger partial charge in [-0.2, -0.15) is 0 Å². The SMILES string of the molecule is O=C(NCc1ccco1)c1ccc(Cl)c(NC(=O)c2cccs2)c1. The molecular weight excluding hydrogens is 348 g/mol. The van der Waals surface area contributed by atoms with E-state index in [0.29, 0.717) is 26.9 Å². The summed E-state index contributed by atoms with van der Waals surface area (Å²) in [5, 5.41) is 7.64. The summed E-state index contributed by atoms with van der Waals surface area (Å²) in [7, 11) is 0. The lowest BCUT2D eigenvalue weighted by atomic mass is 10.2. The third-order valence-electron chi connectivity index (χ3n) is 3.22. The monoisotopic (exact) mass is 360 g/mol. The predicted octanol–water partition coefficient (Wildman–Crippen LogP) is 4.18. The van der Waals surface area contributed by atoms with Gasteiger partial charge in [-0.05, 0) is 41.8 Å². The predicted molar refractivity (Wildman–Crippen MR) is 93.6 cm³/mol. The van der Waals surface area contributed by atoms with Gasteiger partial charge in [0.2, 0.25) is 0 Å². The second-order valence-electron chi connectivity index (χ2n) is 4.89. The fourth-order valence-corrected chi connectivity index (χ4v) is 2.82. The van der Waals surface area contributed by atoms with Crippen molar-refractivity contribution in [1.82, 2.24) is 5.32 Å². The number of carbonyl (C=O) groups excluding carboxylic acids is 2. The molecule has 0 aliphatic carbocycles. The van der Waals surface area contributed by atoms with Gasteiger partial charge in [0.25, 0.3) is 11.8 Å². The van der Waals surface area contributed by atoms with Crippen LogP contribution in [-0.4, -0.2) is 11.8 Å². The second-order valence-corrected chi connectivity index (χ2v) is 6.24. The Labute approximate surface area is 147 Å². The number of furan rings is 1. The summed E-state index contributed by atoms with van der Waals surface area (Å²) in [5.74, 6) is 0.110. The van der Waals surface area contributed by atoms with E-state index in [4.69, 9.17) is 16.0 Å². The Morgan fingerprint density at radius 1 is 1.12 bits per heavy atom. The number of amides is 2. The van der Waals surface area contributed by atoms with Crippen molar-refractivity contribution in [3.05, 3.63) is 75.3 Å². The lowest BCUT2D eigenvalue weighted by molar-refractivity contribution is 0.0947. The van der Waals surface area contributed by atoms with Gasteiger partial charge in [-0.1, -0.05) is 17.7 Å². The summed E-state index contributed by atoms with van der Waals surface area (Å²) >= 11 is 7.44. The maximum absolute atomic E-state index is 12.2. The van der Waals surface area contributed by atoms with Gasteiger partial charge < -0.3 is 15.1 Å². The van der Waals surface area contributed by atoms with Crippen molar-refractivity contribution >= 4 is 40.4 Å². The van der Waals surface area contributed by atoms with E-state index >= 15 is 0 Å². The van der Waals surface area contributed by atoms with Crippen molar-refractivity contribution in [3.8, 4) is 0 Å². The van der Waals surface area contributed by atoms with E-state index < -0.39 is 0 Å². The average Bonchev–Trinajstić information content (AvgIpc) is 3.28. The highest BCUT2D eigenvalue weighted by Crippen LogP contribution is 2.24. The van der Waals surface area contributed by atoms with Crippen LogP contribution < -0.4 is 10.6 Å². The van der Waals surface area contributed by atoms with Crippen molar-refractivity contribution in [2.75, 3.05) is 5.32 Å². The number of nitrogens with one attached hydrogen (secondary N) is 2. The molecule has 0 aliphatic heterocycles. The van der Waals surface area contributed by atoms with E-state index in [2.05, 4.69) is 10.6 Å². The molecule has 2 heterocycles. The number of rotatable bonds is 5. The molecule has 2 amide bonds. The molecule has 0 radical (unpaired) electrons. The number of anilines is 1. The first-order chi connectivity index (χ1) is 11.6. The number of carbonyl (C=O) groups is 2. The van der Waals surface area contributed by atoms with Crippen LogP contribution in [-0.2, 0) is 6.54 Å². The number of halogens is 1. The molecule has 1 aromatic carbocycles. The quantitative estimate of drug-likeness (QED) is 0.717. The first-order valence-electron chi connectivity index (χ1n) is 7.08. The number of hydrogen-bond donors (Lipinski definition) is 2. The molecule has 24 heavy (non-hydrogen) atoms. The minimum atomic E-state index is -0.283. The van der Waals surface area contributed by atoms with Crippen LogP contribution in [0.15, 0.2) is 58.5 Å². The van der Waals surface area contributed by atoms with Crippen molar-refractivity contribution in [2.24, 2.45) is 0 Å². The third-order valence-corrected chi connectivity index (χ3v) is 4.42.